The molecule has 1 aliphatic rings. The second-order valence-corrected chi connectivity index (χ2v) is 6.55. The predicted octanol–water partition coefficient (Wildman–Crippen LogP) is 2.10. The number of hydrogen-bond donors (Lipinski definition) is 1. The molecular formula is C23H24N2O4. The molecule has 6 heteroatoms. The van der Waals surface area contributed by atoms with E-state index in [1.54, 1.807) is 12.0 Å². The summed E-state index contributed by atoms with van der Waals surface area (Å²) < 4.78 is 10.0. The molecule has 0 aliphatic carbocycles. The van der Waals surface area contributed by atoms with E-state index < -0.39 is 0 Å². The SMILES string of the molecule is COCCOCC(=O)NCCC(=O)N1Cc2ccccc2C#Cc2ccccc21. The van der Waals surface area contributed by atoms with E-state index >= 15 is 0 Å². The molecule has 0 saturated carbocycles. The number of anilines is 1. The summed E-state index contributed by atoms with van der Waals surface area (Å²) in [6.45, 7) is 1.43. The molecule has 0 fully saturated rings. The van der Waals surface area contributed by atoms with Gasteiger partial charge in [0.05, 0.1) is 25.4 Å². The van der Waals surface area contributed by atoms with E-state index in [0.717, 1.165) is 22.4 Å². The van der Waals surface area contributed by atoms with E-state index in [2.05, 4.69) is 17.2 Å². The summed E-state index contributed by atoms with van der Waals surface area (Å²) in [7, 11) is 1.57. The summed E-state index contributed by atoms with van der Waals surface area (Å²) in [5.41, 5.74) is 3.51. The van der Waals surface area contributed by atoms with E-state index in [1.807, 2.05) is 48.5 Å². The van der Waals surface area contributed by atoms with Crippen molar-refractivity contribution in [3.05, 3.63) is 65.2 Å². The number of amides is 2. The van der Waals surface area contributed by atoms with Crippen molar-refractivity contribution in [2.45, 2.75) is 13.0 Å². The first-order chi connectivity index (χ1) is 14.2. The first-order valence-corrected chi connectivity index (χ1v) is 9.51. The Balaban J connectivity index is 1.65. The number of fused-ring (bicyclic) bond motifs is 2. The molecule has 0 saturated heterocycles. The highest BCUT2D eigenvalue weighted by molar-refractivity contribution is 5.95. The standard InChI is InChI=1S/C23H24N2O4/c1-28-14-15-29-17-22(26)24-13-12-23(27)25-16-20-8-3-2-6-18(20)10-11-19-7-4-5-9-21(19)25/h2-9H,12-17H2,1H3,(H,24,26). The summed E-state index contributed by atoms with van der Waals surface area (Å²) in [5.74, 6) is 6.05. The second kappa shape index (κ2) is 10.4. The van der Waals surface area contributed by atoms with Gasteiger partial charge in [-0.1, -0.05) is 42.2 Å². The zero-order valence-electron chi connectivity index (χ0n) is 16.4. The van der Waals surface area contributed by atoms with Crippen molar-refractivity contribution < 1.29 is 19.1 Å². The van der Waals surface area contributed by atoms with Gasteiger partial charge in [-0.05, 0) is 23.8 Å². The van der Waals surface area contributed by atoms with Gasteiger partial charge in [-0.25, -0.2) is 0 Å². The highest BCUT2D eigenvalue weighted by Crippen LogP contribution is 2.25. The fraction of sp³-hybridized carbons (Fsp3) is 0.304. The van der Waals surface area contributed by atoms with Crippen LogP contribution in [0.5, 0.6) is 0 Å². The minimum Gasteiger partial charge on any atom is -0.382 e. The first-order valence-electron chi connectivity index (χ1n) is 9.51. The third-order valence-corrected chi connectivity index (χ3v) is 4.50. The Labute approximate surface area is 170 Å². The maximum absolute atomic E-state index is 13.0. The van der Waals surface area contributed by atoms with Gasteiger partial charge in [0.15, 0.2) is 0 Å². The van der Waals surface area contributed by atoms with E-state index in [0.29, 0.717) is 19.8 Å². The molecule has 6 nitrogen and oxygen atoms in total. The maximum Gasteiger partial charge on any atom is 0.246 e. The number of rotatable bonds is 8. The smallest absolute Gasteiger partial charge is 0.246 e. The lowest BCUT2D eigenvalue weighted by molar-refractivity contribution is -0.126. The third-order valence-electron chi connectivity index (χ3n) is 4.50. The molecule has 0 radical (unpaired) electrons. The van der Waals surface area contributed by atoms with Crippen molar-refractivity contribution in [3.8, 4) is 11.8 Å². The number of nitrogens with zero attached hydrogens (tertiary/aromatic N) is 1. The Morgan fingerprint density at radius 3 is 2.59 bits per heavy atom. The van der Waals surface area contributed by atoms with E-state index in [-0.39, 0.29) is 31.4 Å². The van der Waals surface area contributed by atoms with E-state index in [1.165, 1.54) is 0 Å². The first kappa shape index (κ1) is 20.6. The van der Waals surface area contributed by atoms with Crippen LogP contribution in [0.25, 0.3) is 0 Å². The largest absolute Gasteiger partial charge is 0.382 e. The van der Waals surface area contributed by atoms with Crippen LogP contribution in [0.15, 0.2) is 48.5 Å². The Hall–Kier alpha value is -3.14. The van der Waals surface area contributed by atoms with Gasteiger partial charge in [-0.15, -0.1) is 0 Å². The van der Waals surface area contributed by atoms with Crippen molar-refractivity contribution in [2.75, 3.05) is 38.4 Å². The molecular weight excluding hydrogens is 368 g/mol. The quantitative estimate of drug-likeness (QED) is 0.552. The molecule has 0 spiro atoms. The van der Waals surface area contributed by atoms with Crippen LogP contribution in [0.2, 0.25) is 0 Å². The van der Waals surface area contributed by atoms with Crippen molar-refractivity contribution >= 4 is 17.5 Å². The summed E-state index contributed by atoms with van der Waals surface area (Å²) in [4.78, 5) is 26.5. The van der Waals surface area contributed by atoms with Gasteiger partial charge in [0, 0.05) is 31.2 Å². The molecule has 2 aromatic rings. The number of benzene rings is 2. The van der Waals surface area contributed by atoms with Crippen LogP contribution < -0.4 is 10.2 Å². The fourth-order valence-corrected chi connectivity index (χ4v) is 3.01. The van der Waals surface area contributed by atoms with Gasteiger partial charge in [-0.2, -0.15) is 0 Å². The van der Waals surface area contributed by atoms with Gasteiger partial charge in [-0.3, -0.25) is 9.59 Å². The topological polar surface area (TPSA) is 67.9 Å². The number of para-hydroxylation sites is 1. The molecule has 1 heterocycles. The highest BCUT2D eigenvalue weighted by atomic mass is 16.5. The van der Waals surface area contributed by atoms with E-state index in [4.69, 9.17) is 9.47 Å². The number of ether oxygens (including phenoxy) is 2. The molecule has 0 bridgehead atoms. The summed E-state index contributed by atoms with van der Waals surface area (Å²) in [6, 6.07) is 15.5. The molecule has 0 unspecified atom stereocenters. The molecule has 1 aliphatic heterocycles. The average molecular weight is 392 g/mol. The van der Waals surface area contributed by atoms with Crippen molar-refractivity contribution in [3.63, 3.8) is 0 Å². The Bertz CT molecular complexity index is 930. The van der Waals surface area contributed by atoms with Crippen molar-refractivity contribution in [2.24, 2.45) is 0 Å². The van der Waals surface area contributed by atoms with Crippen LogP contribution in [0.3, 0.4) is 0 Å². The number of carbonyl (C=O) groups excluding carboxylic acids is 2. The van der Waals surface area contributed by atoms with Crippen LogP contribution >= 0.6 is 0 Å². The Morgan fingerprint density at radius 1 is 1.03 bits per heavy atom. The Kier molecular flexibility index (Phi) is 7.40. The normalized spacial score (nSPS) is 12.0. The average Bonchev–Trinajstić information content (AvgIpc) is 2.73. The number of nitrogens with one attached hydrogen (secondary N) is 1. The van der Waals surface area contributed by atoms with Gasteiger partial charge < -0.3 is 19.7 Å². The van der Waals surface area contributed by atoms with Crippen molar-refractivity contribution in [1.82, 2.24) is 5.32 Å². The molecule has 150 valence electrons. The van der Waals surface area contributed by atoms with Gasteiger partial charge in [0.25, 0.3) is 0 Å². The monoisotopic (exact) mass is 392 g/mol. The van der Waals surface area contributed by atoms with Gasteiger partial charge in [0.1, 0.15) is 6.61 Å². The van der Waals surface area contributed by atoms with Gasteiger partial charge >= 0.3 is 0 Å². The summed E-state index contributed by atoms with van der Waals surface area (Å²) in [5, 5.41) is 2.72. The summed E-state index contributed by atoms with van der Waals surface area (Å²) in [6.07, 6.45) is 0.188. The van der Waals surface area contributed by atoms with Crippen LogP contribution in [-0.4, -0.2) is 45.3 Å². The fourth-order valence-electron chi connectivity index (χ4n) is 3.01. The zero-order chi connectivity index (χ0) is 20.5. The second-order valence-electron chi connectivity index (χ2n) is 6.55. The summed E-state index contributed by atoms with van der Waals surface area (Å²) >= 11 is 0. The molecule has 2 amide bonds. The highest BCUT2D eigenvalue weighted by Gasteiger charge is 2.20. The van der Waals surface area contributed by atoms with Crippen LogP contribution in [-0.2, 0) is 25.6 Å². The maximum atomic E-state index is 13.0. The number of carbonyl (C=O) groups is 2. The molecule has 0 atom stereocenters. The molecule has 1 N–H and O–H groups in total. The lowest BCUT2D eigenvalue weighted by atomic mass is 10.0. The van der Waals surface area contributed by atoms with Crippen molar-refractivity contribution in [1.29, 1.82) is 0 Å². The lowest BCUT2D eigenvalue weighted by Crippen LogP contribution is -2.36. The molecule has 0 aromatic heterocycles. The third kappa shape index (κ3) is 5.67. The lowest BCUT2D eigenvalue weighted by Gasteiger charge is -2.26. The molecule has 3 rings (SSSR count). The predicted molar refractivity (Wildman–Crippen MR) is 110 cm³/mol. The Morgan fingerprint density at radius 2 is 1.76 bits per heavy atom. The molecule has 29 heavy (non-hydrogen) atoms. The van der Waals surface area contributed by atoms with Gasteiger partial charge in [0.2, 0.25) is 11.8 Å². The number of methoxy groups -OCH3 is 1. The van der Waals surface area contributed by atoms with Crippen LogP contribution in [0.1, 0.15) is 23.1 Å². The van der Waals surface area contributed by atoms with E-state index in [9.17, 15) is 9.59 Å². The molecule has 2 aromatic carbocycles. The zero-order valence-corrected chi connectivity index (χ0v) is 16.4. The van der Waals surface area contributed by atoms with Crippen LogP contribution in [0.4, 0.5) is 5.69 Å². The van der Waals surface area contributed by atoms with Crippen LogP contribution in [0, 0.1) is 11.8 Å². The minimum atomic E-state index is -0.252. The number of hydrogen-bond acceptors (Lipinski definition) is 4. The minimum absolute atomic E-state index is 0.0485.